The standard InChI is InChI=1S/C42H57O9Si.3ClH.Ti/c1-21-20-42(10,29(9)22(21)2)52(39-33(46-14)26(6)23(3)30(43-11)36(39)49-17,40-34(47-15)27(7)24(4)31(44-12)37(40)50-18)41-35(48-16)28(8)25(5)32(45-13)38(41)51-19;;;;/h1-19H3;3*1H;/q-1;;;;+4/p-3. The van der Waals surface area contributed by atoms with E-state index >= 15 is 0 Å². The zero-order chi connectivity index (χ0) is 39.2. The number of benzene rings is 3. The molecule has 0 aromatic heterocycles. The van der Waals surface area contributed by atoms with Gasteiger partial charge in [0.05, 0.1) is 64.0 Å². The first-order valence-corrected chi connectivity index (χ1v) is 19.3. The van der Waals surface area contributed by atoms with E-state index in [1.165, 1.54) is 0 Å². The van der Waals surface area contributed by atoms with Crippen LogP contribution in [0.3, 0.4) is 0 Å². The van der Waals surface area contributed by atoms with E-state index in [-0.39, 0.29) is 58.9 Å². The van der Waals surface area contributed by atoms with Crippen LogP contribution in [0.4, 0.5) is 0 Å². The fourth-order valence-corrected chi connectivity index (χ4v) is 15.5. The molecule has 0 fully saturated rings. The summed E-state index contributed by atoms with van der Waals surface area (Å²) in [7, 11) is 10.9. The third-order valence-electron chi connectivity index (χ3n) is 11.7. The molecule has 1 aliphatic rings. The van der Waals surface area contributed by atoms with Crippen LogP contribution in [0.15, 0.2) is 16.7 Å². The van der Waals surface area contributed by atoms with Crippen LogP contribution in [0, 0.1) is 47.6 Å². The molecule has 0 saturated carbocycles. The van der Waals surface area contributed by atoms with E-state index in [2.05, 4.69) is 33.8 Å². The van der Waals surface area contributed by atoms with Crippen LogP contribution in [0.2, 0.25) is 5.04 Å². The number of hydrogen-bond donors (Lipinski definition) is 0. The van der Waals surface area contributed by atoms with Crippen LogP contribution in [-0.4, -0.2) is 72.1 Å². The van der Waals surface area contributed by atoms with Gasteiger partial charge in [0.15, 0.2) is 42.6 Å². The molecule has 3 aromatic carbocycles. The molecule has 0 spiro atoms. The molecule has 308 valence electrons. The SMILES string of the molecule is COc1c(C)c(C)c(OC)c([Si](c2c(OC)c(C)c(C)c(OC)c2OC)(c2c(OC)c(C)c(C)c(OC)c2OC)C2(C)[C-]=C(C)C(C)=C2C)c1OC.[Cl-].[Cl-].[Cl-].[Ti+4]. The Morgan fingerprint density at radius 1 is 0.375 bits per heavy atom. The van der Waals surface area contributed by atoms with E-state index in [1.807, 2.05) is 41.5 Å². The van der Waals surface area contributed by atoms with Crippen molar-refractivity contribution in [3.8, 4) is 51.7 Å². The van der Waals surface area contributed by atoms with Crippen molar-refractivity contribution in [3.63, 3.8) is 0 Å². The second-order valence-electron chi connectivity index (χ2n) is 13.5. The average Bonchev–Trinajstić information content (AvgIpc) is 3.34. The molecule has 0 bridgehead atoms. The summed E-state index contributed by atoms with van der Waals surface area (Å²) in [6, 6.07) is 0. The number of methoxy groups -OCH3 is 9. The second kappa shape index (κ2) is 20.2. The van der Waals surface area contributed by atoms with E-state index in [4.69, 9.17) is 42.6 Å². The van der Waals surface area contributed by atoms with E-state index in [0.29, 0.717) is 51.7 Å². The topological polar surface area (TPSA) is 83.1 Å². The number of allylic oxidation sites excluding steroid dienone is 4. The maximum absolute atomic E-state index is 6.58. The third-order valence-corrected chi connectivity index (χ3v) is 17.3. The molecular formula is C42H57Cl3O9SiTi. The third kappa shape index (κ3) is 7.25. The second-order valence-corrected chi connectivity index (χ2v) is 17.5. The van der Waals surface area contributed by atoms with Gasteiger partial charge in [-0.05, 0) is 58.2 Å². The van der Waals surface area contributed by atoms with Crippen molar-refractivity contribution in [2.24, 2.45) is 0 Å². The summed E-state index contributed by atoms with van der Waals surface area (Å²) in [4.78, 5) is 0. The van der Waals surface area contributed by atoms with Gasteiger partial charge in [-0.3, -0.25) is 6.08 Å². The maximum atomic E-state index is 6.58. The van der Waals surface area contributed by atoms with Crippen LogP contribution < -0.4 is 95.4 Å². The molecule has 1 aliphatic carbocycles. The molecule has 0 saturated heterocycles. The Morgan fingerprint density at radius 3 is 0.768 bits per heavy atom. The van der Waals surface area contributed by atoms with Crippen LogP contribution >= 0.6 is 0 Å². The summed E-state index contributed by atoms with van der Waals surface area (Å²) in [5.74, 6) is 5.15. The van der Waals surface area contributed by atoms with Gasteiger partial charge in [-0.1, -0.05) is 25.8 Å². The van der Waals surface area contributed by atoms with Crippen LogP contribution in [0.5, 0.6) is 51.7 Å². The molecule has 56 heavy (non-hydrogen) atoms. The van der Waals surface area contributed by atoms with Crippen LogP contribution in [-0.2, 0) is 21.7 Å². The predicted molar refractivity (Wildman–Crippen MR) is 211 cm³/mol. The first-order chi connectivity index (χ1) is 24.6. The largest absolute Gasteiger partial charge is 4.00 e. The molecule has 1 atom stereocenters. The van der Waals surface area contributed by atoms with Gasteiger partial charge in [0.2, 0.25) is 0 Å². The molecule has 0 radical (unpaired) electrons. The number of rotatable bonds is 13. The minimum absolute atomic E-state index is 0. The molecule has 3 aromatic rings. The molecule has 0 amide bonds. The zero-order valence-electron chi connectivity index (χ0n) is 36.3. The normalized spacial score (nSPS) is 14.6. The molecule has 0 aliphatic heterocycles. The summed E-state index contributed by atoms with van der Waals surface area (Å²) in [5, 5.41) is 1.36. The minimum Gasteiger partial charge on any atom is -1.00 e. The molecule has 9 nitrogen and oxygen atoms in total. The molecule has 14 heteroatoms. The van der Waals surface area contributed by atoms with Crippen LogP contribution in [0.1, 0.15) is 61.1 Å². The van der Waals surface area contributed by atoms with Gasteiger partial charge >= 0.3 is 21.7 Å². The van der Waals surface area contributed by atoms with E-state index in [9.17, 15) is 0 Å². The first kappa shape index (κ1) is 53.1. The van der Waals surface area contributed by atoms with Crippen molar-refractivity contribution >= 4 is 23.6 Å². The first-order valence-electron chi connectivity index (χ1n) is 17.3. The quantitative estimate of drug-likeness (QED) is 0.110. The van der Waals surface area contributed by atoms with Gasteiger partial charge in [-0.25, -0.2) is 5.57 Å². The van der Waals surface area contributed by atoms with Gasteiger partial charge in [0.25, 0.3) is 0 Å². The Kier molecular flexibility index (Phi) is 19.2. The molecule has 4 rings (SSSR count). The summed E-state index contributed by atoms with van der Waals surface area (Å²) < 4.78 is 58.2. The van der Waals surface area contributed by atoms with Crippen molar-refractivity contribution in [2.45, 2.75) is 74.3 Å². The summed E-state index contributed by atoms with van der Waals surface area (Å²) in [5.41, 5.74) is 8.54. The van der Waals surface area contributed by atoms with Gasteiger partial charge in [0.1, 0.15) is 17.2 Å². The minimum atomic E-state index is -4.14. The van der Waals surface area contributed by atoms with Gasteiger partial charge in [-0.2, -0.15) is 11.1 Å². The monoisotopic (exact) mass is 886 g/mol. The molecule has 0 heterocycles. The Hall–Kier alpha value is -2.86. The Bertz CT molecular complexity index is 1820. The number of halogens is 3. The Balaban J connectivity index is 0.00000756. The average molecular weight is 888 g/mol. The Morgan fingerprint density at radius 2 is 0.589 bits per heavy atom. The van der Waals surface area contributed by atoms with Gasteiger partial charge < -0.3 is 79.9 Å². The van der Waals surface area contributed by atoms with Crippen LogP contribution in [0.25, 0.3) is 0 Å². The number of ether oxygens (including phenoxy) is 9. The van der Waals surface area contributed by atoms with Crippen molar-refractivity contribution in [3.05, 3.63) is 56.2 Å². The fraction of sp³-hybridized carbons (Fsp3) is 0.476. The fourth-order valence-electron chi connectivity index (χ4n) is 8.57. The summed E-state index contributed by atoms with van der Waals surface area (Å²) in [6.07, 6.45) is 4.04. The van der Waals surface area contributed by atoms with Crippen molar-refractivity contribution in [1.82, 2.24) is 0 Å². The van der Waals surface area contributed by atoms with E-state index in [1.54, 1.807) is 64.0 Å². The van der Waals surface area contributed by atoms with Crippen molar-refractivity contribution in [2.75, 3.05) is 64.0 Å². The van der Waals surface area contributed by atoms with Crippen molar-refractivity contribution in [1.29, 1.82) is 0 Å². The number of hydrogen-bond acceptors (Lipinski definition) is 9. The van der Waals surface area contributed by atoms with E-state index in [0.717, 1.165) is 65.7 Å². The van der Waals surface area contributed by atoms with Gasteiger partial charge in [-0.15, -0.1) is 6.92 Å². The molecular weight excluding hydrogens is 831 g/mol. The Labute approximate surface area is 369 Å². The predicted octanol–water partition coefficient (Wildman–Crippen LogP) is -2.05. The summed E-state index contributed by atoms with van der Waals surface area (Å²) >= 11 is 0. The van der Waals surface area contributed by atoms with E-state index < -0.39 is 13.1 Å². The smallest absolute Gasteiger partial charge is 1.00 e. The molecule has 1 unspecified atom stereocenters. The summed E-state index contributed by atoms with van der Waals surface area (Å²) in [6.45, 7) is 20.8. The molecule has 0 N–H and O–H groups in total. The zero-order valence-corrected chi connectivity index (χ0v) is 41.1. The van der Waals surface area contributed by atoms with Gasteiger partial charge in [0, 0.05) is 32.3 Å². The van der Waals surface area contributed by atoms with Crippen molar-refractivity contribution < 1.29 is 102 Å². The maximum Gasteiger partial charge on any atom is 4.00 e.